The first-order chi connectivity index (χ1) is 7.79. The number of aryl methyl sites for hydroxylation is 1. The zero-order chi connectivity index (χ0) is 11.4. The Morgan fingerprint density at radius 1 is 1.25 bits per heavy atom. The average Bonchev–Trinajstić information content (AvgIpc) is 2.78. The third-order valence-corrected chi connectivity index (χ3v) is 3.68. The van der Waals surface area contributed by atoms with Gasteiger partial charge >= 0.3 is 0 Å². The molecule has 84 valence electrons. The van der Waals surface area contributed by atoms with Crippen LogP contribution in [0.1, 0.15) is 28.3 Å². The van der Waals surface area contributed by atoms with Crippen molar-refractivity contribution < 1.29 is 5.11 Å². The van der Waals surface area contributed by atoms with Crippen molar-refractivity contribution in [3.63, 3.8) is 0 Å². The quantitative estimate of drug-likeness (QED) is 0.883. The van der Waals surface area contributed by atoms with Gasteiger partial charge in [0.05, 0.1) is 6.10 Å². The van der Waals surface area contributed by atoms with Crippen molar-refractivity contribution >= 4 is 11.3 Å². The Morgan fingerprint density at radius 2 is 1.94 bits per heavy atom. The molecule has 0 aliphatic carbocycles. The second kappa shape index (κ2) is 5.18. The highest BCUT2D eigenvalue weighted by Crippen LogP contribution is 2.23. The van der Waals surface area contributed by atoms with E-state index in [2.05, 4.69) is 29.0 Å². The van der Waals surface area contributed by atoms with Gasteiger partial charge in [-0.05, 0) is 18.6 Å². The number of aliphatic hydroxyl groups excluding tert-OH is 1. The third-order valence-electron chi connectivity index (χ3n) is 2.43. The van der Waals surface area contributed by atoms with Crippen LogP contribution in [0, 0.1) is 0 Å². The van der Waals surface area contributed by atoms with E-state index in [4.69, 9.17) is 0 Å². The Balaban J connectivity index is 2.05. The van der Waals surface area contributed by atoms with E-state index in [0.29, 0.717) is 6.42 Å². The summed E-state index contributed by atoms with van der Waals surface area (Å²) in [6.45, 7) is 2.14. The van der Waals surface area contributed by atoms with Gasteiger partial charge in [-0.25, -0.2) is 9.97 Å². The van der Waals surface area contributed by atoms with Crippen LogP contribution in [-0.2, 0) is 12.8 Å². The van der Waals surface area contributed by atoms with Crippen LogP contribution < -0.4 is 0 Å². The molecular weight excluding hydrogens is 220 g/mol. The van der Waals surface area contributed by atoms with E-state index >= 15 is 0 Å². The predicted molar refractivity (Wildman–Crippen MR) is 64.4 cm³/mol. The molecule has 1 atom stereocenters. The van der Waals surface area contributed by atoms with Gasteiger partial charge in [0.2, 0.25) is 0 Å². The van der Waals surface area contributed by atoms with Crippen LogP contribution >= 0.6 is 11.3 Å². The van der Waals surface area contributed by atoms with Crippen molar-refractivity contribution in [3.8, 4) is 0 Å². The monoisotopic (exact) mass is 234 g/mol. The van der Waals surface area contributed by atoms with Gasteiger partial charge in [-0.1, -0.05) is 6.92 Å². The van der Waals surface area contributed by atoms with E-state index in [1.807, 2.05) is 0 Å². The molecule has 2 rings (SSSR count). The number of aliphatic hydroxyl groups is 1. The Bertz CT molecular complexity index is 441. The topological polar surface area (TPSA) is 46.0 Å². The number of nitrogens with zero attached hydrogens (tertiary/aromatic N) is 2. The summed E-state index contributed by atoms with van der Waals surface area (Å²) in [5.74, 6) is 0. The van der Waals surface area contributed by atoms with Crippen LogP contribution in [0.3, 0.4) is 0 Å². The van der Waals surface area contributed by atoms with E-state index in [0.717, 1.165) is 12.0 Å². The summed E-state index contributed by atoms with van der Waals surface area (Å²) in [6, 6.07) is 4.20. The second-order valence-corrected chi connectivity index (χ2v) is 4.87. The first-order valence-corrected chi connectivity index (χ1v) is 6.11. The van der Waals surface area contributed by atoms with Gasteiger partial charge in [0, 0.05) is 34.1 Å². The first kappa shape index (κ1) is 11.2. The lowest BCUT2D eigenvalue weighted by Gasteiger charge is -2.07. The molecular formula is C12H14N2OS. The van der Waals surface area contributed by atoms with E-state index < -0.39 is 6.10 Å². The standard InChI is InChI=1S/C12H14N2OS/c1-2-10-3-4-11(16-10)5-12(15)9-6-13-8-14-7-9/h3-4,6-8,12,15H,2,5H2,1H3. The van der Waals surface area contributed by atoms with Gasteiger partial charge in [-0.3, -0.25) is 0 Å². The molecule has 0 amide bonds. The molecule has 0 bridgehead atoms. The maximum Gasteiger partial charge on any atom is 0.115 e. The fourth-order valence-corrected chi connectivity index (χ4v) is 2.51. The second-order valence-electron chi connectivity index (χ2n) is 3.61. The summed E-state index contributed by atoms with van der Waals surface area (Å²) in [6.07, 6.45) is 5.96. The molecule has 0 spiro atoms. The highest BCUT2D eigenvalue weighted by atomic mass is 32.1. The molecule has 0 radical (unpaired) electrons. The number of hydrogen-bond acceptors (Lipinski definition) is 4. The fourth-order valence-electron chi connectivity index (χ4n) is 1.51. The van der Waals surface area contributed by atoms with Crippen molar-refractivity contribution in [3.05, 3.63) is 46.2 Å². The zero-order valence-electron chi connectivity index (χ0n) is 9.13. The molecule has 0 aromatic carbocycles. The van der Waals surface area contributed by atoms with Crippen LogP contribution in [0.25, 0.3) is 0 Å². The molecule has 4 heteroatoms. The number of thiophene rings is 1. The van der Waals surface area contributed by atoms with Crippen molar-refractivity contribution in [1.82, 2.24) is 9.97 Å². The van der Waals surface area contributed by atoms with Crippen LogP contribution in [0.5, 0.6) is 0 Å². The Labute approximate surface area is 98.8 Å². The molecule has 2 heterocycles. The fraction of sp³-hybridized carbons (Fsp3) is 0.333. The molecule has 0 aliphatic heterocycles. The van der Waals surface area contributed by atoms with E-state index in [-0.39, 0.29) is 0 Å². The number of aromatic nitrogens is 2. The molecule has 1 unspecified atom stereocenters. The van der Waals surface area contributed by atoms with Crippen molar-refractivity contribution in [2.45, 2.75) is 25.9 Å². The number of rotatable bonds is 4. The largest absolute Gasteiger partial charge is 0.388 e. The summed E-state index contributed by atoms with van der Waals surface area (Å²) < 4.78 is 0. The van der Waals surface area contributed by atoms with Gasteiger partial charge in [-0.2, -0.15) is 0 Å². The van der Waals surface area contributed by atoms with Crippen molar-refractivity contribution in [2.24, 2.45) is 0 Å². The van der Waals surface area contributed by atoms with Gasteiger partial charge < -0.3 is 5.11 Å². The zero-order valence-corrected chi connectivity index (χ0v) is 9.94. The summed E-state index contributed by atoms with van der Waals surface area (Å²) in [7, 11) is 0. The minimum absolute atomic E-state index is 0.510. The van der Waals surface area contributed by atoms with Crippen molar-refractivity contribution in [2.75, 3.05) is 0 Å². The number of hydrogen-bond donors (Lipinski definition) is 1. The molecule has 2 aromatic heterocycles. The molecule has 0 saturated carbocycles. The normalized spacial score (nSPS) is 12.6. The SMILES string of the molecule is CCc1ccc(CC(O)c2cncnc2)s1. The van der Waals surface area contributed by atoms with Gasteiger partial charge in [-0.15, -0.1) is 11.3 Å². The van der Waals surface area contributed by atoms with E-state index in [1.165, 1.54) is 16.1 Å². The summed E-state index contributed by atoms with van der Waals surface area (Å²) in [5, 5.41) is 9.98. The van der Waals surface area contributed by atoms with Crippen LogP contribution in [0.4, 0.5) is 0 Å². The minimum Gasteiger partial charge on any atom is -0.388 e. The maximum atomic E-state index is 9.98. The smallest absolute Gasteiger partial charge is 0.115 e. The Hall–Kier alpha value is -1.26. The molecule has 0 aliphatic rings. The van der Waals surface area contributed by atoms with Crippen LogP contribution in [0.2, 0.25) is 0 Å². The molecule has 0 fully saturated rings. The lowest BCUT2D eigenvalue weighted by Crippen LogP contribution is -2.01. The highest BCUT2D eigenvalue weighted by Gasteiger charge is 2.10. The molecule has 0 saturated heterocycles. The Kier molecular flexibility index (Phi) is 3.64. The van der Waals surface area contributed by atoms with Crippen LogP contribution in [0.15, 0.2) is 30.9 Å². The van der Waals surface area contributed by atoms with Crippen molar-refractivity contribution in [1.29, 1.82) is 0 Å². The lowest BCUT2D eigenvalue weighted by atomic mass is 10.1. The van der Waals surface area contributed by atoms with Crippen LogP contribution in [-0.4, -0.2) is 15.1 Å². The third kappa shape index (κ3) is 2.65. The average molecular weight is 234 g/mol. The van der Waals surface area contributed by atoms with Gasteiger partial charge in [0.25, 0.3) is 0 Å². The highest BCUT2D eigenvalue weighted by molar-refractivity contribution is 7.11. The molecule has 3 nitrogen and oxygen atoms in total. The van der Waals surface area contributed by atoms with Gasteiger partial charge in [0.1, 0.15) is 6.33 Å². The van der Waals surface area contributed by atoms with E-state index in [9.17, 15) is 5.11 Å². The van der Waals surface area contributed by atoms with E-state index in [1.54, 1.807) is 23.7 Å². The summed E-state index contributed by atoms with van der Waals surface area (Å²) >= 11 is 1.76. The maximum absolute atomic E-state index is 9.98. The summed E-state index contributed by atoms with van der Waals surface area (Å²) in [4.78, 5) is 10.4. The molecule has 1 N–H and O–H groups in total. The predicted octanol–water partition coefficient (Wildman–Crippen LogP) is 2.38. The lowest BCUT2D eigenvalue weighted by molar-refractivity contribution is 0.178. The van der Waals surface area contributed by atoms with Gasteiger partial charge in [0.15, 0.2) is 0 Å². The minimum atomic E-state index is -0.510. The first-order valence-electron chi connectivity index (χ1n) is 5.30. The Morgan fingerprint density at radius 3 is 2.56 bits per heavy atom. The molecule has 16 heavy (non-hydrogen) atoms. The molecule has 2 aromatic rings. The summed E-state index contributed by atoms with van der Waals surface area (Å²) in [5.41, 5.74) is 0.772.